The molecule has 0 aliphatic heterocycles. The summed E-state index contributed by atoms with van der Waals surface area (Å²) in [5.74, 6) is 1.50. The molecule has 0 radical (unpaired) electrons. The second-order valence-corrected chi connectivity index (χ2v) is 4.76. The maximum absolute atomic E-state index is 9.09. The lowest BCUT2D eigenvalue weighted by atomic mass is 10.1. The quantitative estimate of drug-likeness (QED) is 0.756. The highest BCUT2D eigenvalue weighted by Crippen LogP contribution is 2.21. The van der Waals surface area contributed by atoms with Crippen molar-refractivity contribution in [3.63, 3.8) is 0 Å². The van der Waals surface area contributed by atoms with Gasteiger partial charge >= 0.3 is 0 Å². The minimum absolute atomic E-state index is 0.448. The van der Waals surface area contributed by atoms with E-state index in [-0.39, 0.29) is 0 Å². The first-order chi connectivity index (χ1) is 7.72. The summed E-state index contributed by atoms with van der Waals surface area (Å²) < 4.78 is 0. The van der Waals surface area contributed by atoms with E-state index in [1.54, 1.807) is 11.8 Å². The van der Waals surface area contributed by atoms with Gasteiger partial charge in [-0.15, -0.1) is 11.6 Å². The molecule has 1 aromatic carbocycles. The van der Waals surface area contributed by atoms with E-state index in [1.165, 1.54) is 0 Å². The van der Waals surface area contributed by atoms with Crippen molar-refractivity contribution in [1.29, 1.82) is 5.26 Å². The molecule has 0 saturated heterocycles. The summed E-state index contributed by atoms with van der Waals surface area (Å²) >= 11 is 7.55. The summed E-state index contributed by atoms with van der Waals surface area (Å²) in [5.41, 5.74) is 2.66. The molecule has 0 unspecified atom stereocenters. The van der Waals surface area contributed by atoms with Crippen molar-refractivity contribution in [2.45, 2.75) is 5.88 Å². The van der Waals surface area contributed by atoms with Gasteiger partial charge in [0, 0.05) is 25.2 Å². The molecular formula is C12H15ClN2S. The Kier molecular flexibility index (Phi) is 5.51. The lowest BCUT2D eigenvalue weighted by Gasteiger charge is -2.20. The first kappa shape index (κ1) is 13.2. The molecule has 0 N–H and O–H groups in total. The predicted octanol–water partition coefficient (Wildman–Crippen LogP) is 3.10. The molecule has 1 rings (SSSR count). The Morgan fingerprint density at radius 2 is 2.25 bits per heavy atom. The molecule has 2 nitrogen and oxygen atoms in total. The van der Waals surface area contributed by atoms with E-state index in [2.05, 4.69) is 17.2 Å². The second kappa shape index (κ2) is 6.67. The lowest BCUT2D eigenvalue weighted by Crippen LogP contribution is -2.21. The molecule has 0 fully saturated rings. The summed E-state index contributed by atoms with van der Waals surface area (Å²) in [7, 11) is 2.01. The minimum atomic E-state index is 0.448. The third-order valence-electron chi connectivity index (χ3n) is 2.38. The molecule has 0 amide bonds. The second-order valence-electron chi connectivity index (χ2n) is 3.51. The molecule has 4 heteroatoms. The van der Waals surface area contributed by atoms with Crippen molar-refractivity contribution in [2.24, 2.45) is 0 Å². The van der Waals surface area contributed by atoms with Crippen molar-refractivity contribution in [1.82, 2.24) is 0 Å². The Labute approximate surface area is 106 Å². The fourth-order valence-corrected chi connectivity index (χ4v) is 2.06. The van der Waals surface area contributed by atoms with Crippen LogP contribution in [0.1, 0.15) is 11.1 Å². The van der Waals surface area contributed by atoms with Crippen molar-refractivity contribution in [2.75, 3.05) is 30.5 Å². The number of thioether (sulfide) groups is 1. The number of hydrogen-bond acceptors (Lipinski definition) is 3. The fourth-order valence-electron chi connectivity index (χ4n) is 1.44. The van der Waals surface area contributed by atoms with Crippen LogP contribution in [-0.4, -0.2) is 25.6 Å². The fraction of sp³-hybridized carbons (Fsp3) is 0.417. The number of halogens is 1. The van der Waals surface area contributed by atoms with Crippen molar-refractivity contribution in [3.8, 4) is 6.07 Å². The molecule has 0 aliphatic rings. The molecule has 0 saturated carbocycles. The largest absolute Gasteiger partial charge is 0.373 e. The zero-order valence-corrected chi connectivity index (χ0v) is 11.1. The van der Waals surface area contributed by atoms with E-state index in [1.807, 2.05) is 25.2 Å². The molecule has 1 aromatic rings. The number of alkyl halides is 1. The smallest absolute Gasteiger partial charge is 0.101 e. The normalized spacial score (nSPS) is 9.88. The number of benzene rings is 1. The van der Waals surface area contributed by atoms with E-state index < -0.39 is 0 Å². The van der Waals surface area contributed by atoms with Crippen LogP contribution in [0.25, 0.3) is 0 Å². The van der Waals surface area contributed by atoms with Gasteiger partial charge in [-0.25, -0.2) is 0 Å². The standard InChI is InChI=1S/C12H15ClN2S/c1-15(5-6-16-2)12-4-3-10(8-13)7-11(12)9-14/h3-4,7H,5-6,8H2,1-2H3. The highest BCUT2D eigenvalue weighted by atomic mass is 35.5. The van der Waals surface area contributed by atoms with E-state index in [4.69, 9.17) is 16.9 Å². The zero-order valence-electron chi connectivity index (χ0n) is 9.53. The van der Waals surface area contributed by atoms with E-state index in [0.717, 1.165) is 23.5 Å². The number of anilines is 1. The average Bonchev–Trinajstić information content (AvgIpc) is 2.34. The summed E-state index contributed by atoms with van der Waals surface area (Å²) in [6, 6.07) is 8.02. The van der Waals surface area contributed by atoms with E-state index in [0.29, 0.717) is 11.4 Å². The van der Waals surface area contributed by atoms with Gasteiger partial charge in [-0.1, -0.05) is 6.07 Å². The van der Waals surface area contributed by atoms with Gasteiger partial charge < -0.3 is 4.90 Å². The van der Waals surface area contributed by atoms with Crippen LogP contribution in [0.3, 0.4) is 0 Å². The molecule has 16 heavy (non-hydrogen) atoms. The molecule has 0 spiro atoms. The van der Waals surface area contributed by atoms with Gasteiger partial charge in [0.15, 0.2) is 0 Å². The summed E-state index contributed by atoms with van der Waals surface area (Å²) in [5, 5.41) is 9.09. The van der Waals surface area contributed by atoms with Gasteiger partial charge in [-0.05, 0) is 24.0 Å². The van der Waals surface area contributed by atoms with Crippen LogP contribution < -0.4 is 4.90 Å². The number of nitriles is 1. The Morgan fingerprint density at radius 3 is 2.81 bits per heavy atom. The topological polar surface area (TPSA) is 27.0 Å². The number of hydrogen-bond donors (Lipinski definition) is 0. The third kappa shape index (κ3) is 3.33. The highest BCUT2D eigenvalue weighted by Gasteiger charge is 2.07. The SMILES string of the molecule is CSCCN(C)c1ccc(CCl)cc1C#N. The molecule has 0 aliphatic carbocycles. The van der Waals surface area contributed by atoms with Crippen LogP contribution in [0.5, 0.6) is 0 Å². The Bertz CT molecular complexity index is 387. The zero-order chi connectivity index (χ0) is 12.0. The van der Waals surface area contributed by atoms with E-state index >= 15 is 0 Å². The predicted molar refractivity (Wildman–Crippen MR) is 72.4 cm³/mol. The summed E-state index contributed by atoms with van der Waals surface area (Å²) in [4.78, 5) is 2.10. The molecule has 86 valence electrons. The average molecular weight is 255 g/mol. The minimum Gasteiger partial charge on any atom is -0.373 e. The molecule has 0 heterocycles. The Hall–Kier alpha value is -0.850. The molecule has 0 atom stereocenters. The van der Waals surface area contributed by atoms with Gasteiger partial charge in [0.2, 0.25) is 0 Å². The van der Waals surface area contributed by atoms with Gasteiger partial charge in [-0.2, -0.15) is 17.0 Å². The van der Waals surface area contributed by atoms with Gasteiger partial charge in [0.05, 0.1) is 11.3 Å². The first-order valence-corrected chi connectivity index (χ1v) is 6.94. The molecule has 0 aromatic heterocycles. The monoisotopic (exact) mass is 254 g/mol. The lowest BCUT2D eigenvalue weighted by molar-refractivity contribution is 0.974. The summed E-state index contributed by atoms with van der Waals surface area (Å²) in [6.07, 6.45) is 2.08. The van der Waals surface area contributed by atoms with Gasteiger partial charge in [0.1, 0.15) is 6.07 Å². The van der Waals surface area contributed by atoms with Crippen LogP contribution in [0, 0.1) is 11.3 Å². The van der Waals surface area contributed by atoms with Crippen molar-refractivity contribution in [3.05, 3.63) is 29.3 Å². The van der Waals surface area contributed by atoms with Gasteiger partial charge in [0.25, 0.3) is 0 Å². The van der Waals surface area contributed by atoms with Gasteiger partial charge in [-0.3, -0.25) is 0 Å². The van der Waals surface area contributed by atoms with Crippen LogP contribution in [0.15, 0.2) is 18.2 Å². The molecular weight excluding hydrogens is 240 g/mol. The molecule has 0 bridgehead atoms. The Balaban J connectivity index is 2.91. The van der Waals surface area contributed by atoms with Crippen molar-refractivity contribution >= 4 is 29.1 Å². The number of nitrogens with zero attached hydrogens (tertiary/aromatic N) is 2. The summed E-state index contributed by atoms with van der Waals surface area (Å²) in [6.45, 7) is 0.941. The highest BCUT2D eigenvalue weighted by molar-refractivity contribution is 7.98. The maximum Gasteiger partial charge on any atom is 0.101 e. The first-order valence-electron chi connectivity index (χ1n) is 5.02. The van der Waals surface area contributed by atoms with Crippen LogP contribution in [-0.2, 0) is 5.88 Å². The maximum atomic E-state index is 9.09. The van der Waals surface area contributed by atoms with Crippen LogP contribution in [0.4, 0.5) is 5.69 Å². The van der Waals surface area contributed by atoms with Crippen molar-refractivity contribution < 1.29 is 0 Å². The van der Waals surface area contributed by atoms with Crippen LogP contribution >= 0.6 is 23.4 Å². The number of rotatable bonds is 5. The Morgan fingerprint density at radius 1 is 1.50 bits per heavy atom. The third-order valence-corrected chi connectivity index (χ3v) is 3.28. The van der Waals surface area contributed by atoms with Crippen LogP contribution in [0.2, 0.25) is 0 Å². The van der Waals surface area contributed by atoms with E-state index in [9.17, 15) is 0 Å².